The molecular formula is C33H40N8O2. The molecule has 5 rings (SSSR count). The van der Waals surface area contributed by atoms with Crippen LogP contribution < -0.4 is 21.3 Å². The second kappa shape index (κ2) is 13.1. The molecule has 1 saturated carbocycles. The van der Waals surface area contributed by atoms with Crippen LogP contribution in [0.25, 0.3) is 5.65 Å². The highest BCUT2D eigenvalue weighted by Crippen LogP contribution is 2.29. The van der Waals surface area contributed by atoms with Crippen molar-refractivity contribution in [2.45, 2.75) is 57.5 Å². The van der Waals surface area contributed by atoms with Gasteiger partial charge in [0, 0.05) is 46.3 Å². The molecule has 1 aliphatic rings. The number of benzene rings is 2. The highest BCUT2D eigenvalue weighted by Gasteiger charge is 2.23. The number of anilines is 5. The quantitative estimate of drug-likeness (QED) is 0.164. The molecule has 2 heterocycles. The van der Waals surface area contributed by atoms with Crippen LogP contribution >= 0.6 is 0 Å². The lowest BCUT2D eigenvalue weighted by molar-refractivity contribution is -0.111. The first kappa shape index (κ1) is 29.8. The van der Waals surface area contributed by atoms with E-state index in [2.05, 4.69) is 65.8 Å². The van der Waals surface area contributed by atoms with Gasteiger partial charge in [-0.3, -0.25) is 9.59 Å². The topological polar surface area (TPSA) is 116 Å². The van der Waals surface area contributed by atoms with E-state index >= 15 is 0 Å². The van der Waals surface area contributed by atoms with Crippen molar-refractivity contribution in [2.24, 2.45) is 0 Å². The lowest BCUT2D eigenvalue weighted by Gasteiger charge is -2.33. The fraction of sp³-hybridized carbons (Fsp3) is 0.333. The Balaban J connectivity index is 1.33. The lowest BCUT2D eigenvalue weighted by Crippen LogP contribution is -2.36. The second-order valence-corrected chi connectivity index (χ2v) is 11.6. The van der Waals surface area contributed by atoms with Crippen molar-refractivity contribution in [3.63, 3.8) is 0 Å². The molecule has 1 fully saturated rings. The van der Waals surface area contributed by atoms with Crippen molar-refractivity contribution in [2.75, 3.05) is 35.4 Å². The maximum atomic E-state index is 12.9. The van der Waals surface area contributed by atoms with E-state index in [4.69, 9.17) is 4.98 Å². The predicted molar refractivity (Wildman–Crippen MR) is 173 cm³/mol. The highest BCUT2D eigenvalue weighted by molar-refractivity contribution is 6.05. The van der Waals surface area contributed by atoms with Gasteiger partial charge < -0.3 is 26.2 Å². The minimum Gasteiger partial charge on any atom is -0.367 e. The lowest BCUT2D eigenvalue weighted by atomic mass is 9.90. The van der Waals surface area contributed by atoms with E-state index in [1.54, 1.807) is 24.3 Å². The molecule has 10 heteroatoms. The van der Waals surface area contributed by atoms with E-state index in [1.165, 1.54) is 6.08 Å². The van der Waals surface area contributed by atoms with Gasteiger partial charge in [-0.05, 0) is 94.2 Å². The van der Waals surface area contributed by atoms with Crippen LogP contribution in [0.3, 0.4) is 0 Å². The predicted octanol–water partition coefficient (Wildman–Crippen LogP) is 6.26. The number of carbonyl (C=O) groups is 2. The molecule has 1 aliphatic carbocycles. The average molecular weight is 581 g/mol. The molecule has 43 heavy (non-hydrogen) atoms. The number of fused-ring (bicyclic) bond motifs is 1. The summed E-state index contributed by atoms with van der Waals surface area (Å²) in [6, 6.07) is 17.2. The molecule has 0 saturated heterocycles. The molecule has 0 spiro atoms. The summed E-state index contributed by atoms with van der Waals surface area (Å²) in [5.41, 5.74) is 4.40. The van der Waals surface area contributed by atoms with Gasteiger partial charge in [0.25, 0.3) is 5.91 Å². The van der Waals surface area contributed by atoms with E-state index in [0.29, 0.717) is 29.0 Å². The monoisotopic (exact) mass is 580 g/mol. The SMILES string of the molecule is C=CC(=O)Nc1ccc(C(=O)Nc2cccc(Nc3cc(NC4CCC(N(C)C)CC4)nc4c(C(C)C)cnn34)c2)cc1. The van der Waals surface area contributed by atoms with Crippen LogP contribution in [0.4, 0.5) is 28.7 Å². The van der Waals surface area contributed by atoms with E-state index in [0.717, 1.165) is 54.2 Å². The maximum absolute atomic E-state index is 12.9. The van der Waals surface area contributed by atoms with Gasteiger partial charge in [-0.25, -0.2) is 4.98 Å². The van der Waals surface area contributed by atoms with Crippen LogP contribution in [0.15, 0.2) is 73.4 Å². The Morgan fingerprint density at radius 3 is 2.37 bits per heavy atom. The largest absolute Gasteiger partial charge is 0.367 e. The summed E-state index contributed by atoms with van der Waals surface area (Å²) in [6.07, 6.45) is 7.61. The maximum Gasteiger partial charge on any atom is 0.255 e. The fourth-order valence-corrected chi connectivity index (χ4v) is 5.42. The highest BCUT2D eigenvalue weighted by atomic mass is 16.2. The van der Waals surface area contributed by atoms with Crippen LogP contribution in [0.5, 0.6) is 0 Å². The third-order valence-electron chi connectivity index (χ3n) is 7.89. The zero-order valence-corrected chi connectivity index (χ0v) is 25.2. The van der Waals surface area contributed by atoms with Gasteiger partial charge in [-0.1, -0.05) is 26.5 Å². The molecule has 4 aromatic rings. The zero-order valence-electron chi connectivity index (χ0n) is 25.2. The zero-order chi connectivity index (χ0) is 30.5. The van der Waals surface area contributed by atoms with Gasteiger partial charge in [-0.15, -0.1) is 0 Å². The summed E-state index contributed by atoms with van der Waals surface area (Å²) >= 11 is 0. The van der Waals surface area contributed by atoms with E-state index in [9.17, 15) is 9.59 Å². The first-order valence-corrected chi connectivity index (χ1v) is 14.7. The van der Waals surface area contributed by atoms with E-state index < -0.39 is 0 Å². The molecule has 10 nitrogen and oxygen atoms in total. The van der Waals surface area contributed by atoms with Crippen molar-refractivity contribution in [1.29, 1.82) is 0 Å². The molecule has 2 amide bonds. The molecule has 2 aromatic carbocycles. The second-order valence-electron chi connectivity index (χ2n) is 11.6. The first-order chi connectivity index (χ1) is 20.7. The van der Waals surface area contributed by atoms with Crippen LogP contribution in [0, 0.1) is 0 Å². The number of nitrogens with one attached hydrogen (secondary N) is 4. The van der Waals surface area contributed by atoms with Crippen molar-refractivity contribution < 1.29 is 9.59 Å². The number of carbonyl (C=O) groups excluding carboxylic acids is 2. The van der Waals surface area contributed by atoms with E-state index in [-0.39, 0.29) is 17.7 Å². The van der Waals surface area contributed by atoms with Gasteiger partial charge in [-0.2, -0.15) is 9.61 Å². The van der Waals surface area contributed by atoms with Gasteiger partial charge in [0.05, 0.1) is 6.20 Å². The number of nitrogens with zero attached hydrogens (tertiary/aromatic N) is 4. The molecule has 0 aliphatic heterocycles. The fourth-order valence-electron chi connectivity index (χ4n) is 5.42. The Morgan fingerprint density at radius 1 is 0.977 bits per heavy atom. The smallest absolute Gasteiger partial charge is 0.255 e. The molecule has 0 radical (unpaired) electrons. The summed E-state index contributed by atoms with van der Waals surface area (Å²) in [6.45, 7) is 7.74. The molecule has 224 valence electrons. The number of aromatic nitrogens is 3. The summed E-state index contributed by atoms with van der Waals surface area (Å²) in [7, 11) is 4.31. The van der Waals surface area contributed by atoms with E-state index in [1.807, 2.05) is 41.0 Å². The van der Waals surface area contributed by atoms with Crippen molar-refractivity contribution in [3.8, 4) is 0 Å². The molecule has 0 unspecified atom stereocenters. The molecular weight excluding hydrogens is 540 g/mol. The van der Waals surface area contributed by atoms with Gasteiger partial charge in [0.15, 0.2) is 5.65 Å². The third-order valence-corrected chi connectivity index (χ3v) is 7.89. The summed E-state index contributed by atoms with van der Waals surface area (Å²) < 4.78 is 1.83. The van der Waals surface area contributed by atoms with Crippen molar-refractivity contribution >= 4 is 46.2 Å². The average Bonchev–Trinajstić information content (AvgIpc) is 3.43. The van der Waals surface area contributed by atoms with Crippen molar-refractivity contribution in [3.05, 3.63) is 84.6 Å². The Bertz CT molecular complexity index is 1600. The summed E-state index contributed by atoms with van der Waals surface area (Å²) in [4.78, 5) is 31.8. The molecule has 2 aromatic heterocycles. The van der Waals surface area contributed by atoms with Crippen molar-refractivity contribution in [1.82, 2.24) is 19.5 Å². The van der Waals surface area contributed by atoms with Crippen LogP contribution in [0.1, 0.15) is 61.4 Å². The minimum atomic E-state index is -0.307. The first-order valence-electron chi connectivity index (χ1n) is 14.7. The Hall–Kier alpha value is -4.70. The Labute approximate surface area is 252 Å². The Morgan fingerprint density at radius 2 is 1.70 bits per heavy atom. The van der Waals surface area contributed by atoms with Crippen LogP contribution in [0.2, 0.25) is 0 Å². The van der Waals surface area contributed by atoms with Crippen LogP contribution in [-0.2, 0) is 4.79 Å². The Kier molecular flexibility index (Phi) is 9.06. The minimum absolute atomic E-state index is 0.255. The number of rotatable bonds is 10. The third kappa shape index (κ3) is 7.21. The molecule has 4 N–H and O–H groups in total. The summed E-state index contributed by atoms with van der Waals surface area (Å²) in [5.74, 6) is 1.31. The van der Waals surface area contributed by atoms with Gasteiger partial charge in [0.1, 0.15) is 11.6 Å². The normalized spacial score (nSPS) is 16.7. The standard InChI is InChI=1S/C33H40N8O2/c1-6-31(42)37-24-12-10-22(11-13-24)33(43)38-26-9-7-8-25(18-26)36-30-19-29(35-23-14-16-27(17-15-23)40(4)5)39-32-28(21(2)3)20-34-41(30)32/h6-13,18-21,23,27,36H,1,14-17H2,2-5H3,(H,35,39)(H,37,42)(H,38,43). The molecule has 0 atom stereocenters. The van der Waals surface area contributed by atoms with Crippen LogP contribution in [-0.4, -0.2) is 57.5 Å². The van der Waals surface area contributed by atoms with Gasteiger partial charge >= 0.3 is 0 Å². The number of hydrogen-bond acceptors (Lipinski definition) is 7. The summed E-state index contributed by atoms with van der Waals surface area (Å²) in [5, 5.41) is 17.5. The van der Waals surface area contributed by atoms with Gasteiger partial charge in [0.2, 0.25) is 5.91 Å². The number of amides is 2. The number of hydrogen-bond donors (Lipinski definition) is 4. The molecule has 0 bridgehead atoms.